The molecule has 1 aromatic heterocycles. The van der Waals surface area contributed by atoms with Crippen LogP contribution in [0.3, 0.4) is 0 Å². The topological polar surface area (TPSA) is 67.6 Å². The molecule has 122 valence electrons. The lowest BCUT2D eigenvalue weighted by Crippen LogP contribution is -2.57. The van der Waals surface area contributed by atoms with Crippen molar-refractivity contribution in [2.75, 3.05) is 13.1 Å². The molecule has 0 spiro atoms. The number of sulfone groups is 1. The zero-order valence-corrected chi connectivity index (χ0v) is 14.0. The van der Waals surface area contributed by atoms with Crippen molar-refractivity contribution in [2.24, 2.45) is 0 Å². The molecular formula is C17H19NO4S. The van der Waals surface area contributed by atoms with Crippen LogP contribution >= 0.6 is 0 Å². The third-order valence-corrected chi connectivity index (χ3v) is 6.04. The molecule has 1 fully saturated rings. The van der Waals surface area contributed by atoms with Gasteiger partial charge in [0.05, 0.1) is 11.5 Å². The van der Waals surface area contributed by atoms with Crippen LogP contribution in [0.5, 0.6) is 0 Å². The van der Waals surface area contributed by atoms with Crippen molar-refractivity contribution in [3.05, 3.63) is 59.0 Å². The van der Waals surface area contributed by atoms with Crippen molar-refractivity contribution in [1.82, 2.24) is 4.90 Å². The Morgan fingerprint density at radius 1 is 1.22 bits per heavy atom. The Labute approximate surface area is 135 Å². The summed E-state index contributed by atoms with van der Waals surface area (Å²) in [6.45, 7) is 4.37. The molecule has 3 rings (SSSR count). The number of likely N-dealkylation sites (tertiary alicyclic amines) is 1. The SMILES string of the molecule is Cc1cc(C)cc(C(=O)N2CC(S(=O)(=O)Cc3ccco3)C2)c1. The highest BCUT2D eigenvalue weighted by atomic mass is 32.2. The van der Waals surface area contributed by atoms with Gasteiger partial charge in [-0.25, -0.2) is 8.42 Å². The molecule has 0 N–H and O–H groups in total. The highest BCUT2D eigenvalue weighted by Gasteiger charge is 2.40. The molecule has 6 heteroatoms. The Balaban J connectivity index is 1.65. The highest BCUT2D eigenvalue weighted by molar-refractivity contribution is 7.91. The minimum Gasteiger partial charge on any atom is -0.468 e. The Morgan fingerprint density at radius 3 is 2.43 bits per heavy atom. The van der Waals surface area contributed by atoms with Gasteiger partial charge in [0.1, 0.15) is 11.5 Å². The summed E-state index contributed by atoms with van der Waals surface area (Å²) in [5.74, 6) is 0.210. The van der Waals surface area contributed by atoms with E-state index in [0.717, 1.165) is 11.1 Å². The Morgan fingerprint density at radius 2 is 1.87 bits per heavy atom. The summed E-state index contributed by atoms with van der Waals surface area (Å²) in [4.78, 5) is 14.0. The molecule has 23 heavy (non-hydrogen) atoms. The first-order chi connectivity index (χ1) is 10.8. The van der Waals surface area contributed by atoms with E-state index in [1.54, 1.807) is 17.0 Å². The number of hydrogen-bond acceptors (Lipinski definition) is 4. The molecule has 5 nitrogen and oxygen atoms in total. The van der Waals surface area contributed by atoms with E-state index in [0.29, 0.717) is 11.3 Å². The van der Waals surface area contributed by atoms with Crippen molar-refractivity contribution < 1.29 is 17.6 Å². The van der Waals surface area contributed by atoms with E-state index < -0.39 is 15.1 Å². The van der Waals surface area contributed by atoms with Gasteiger partial charge in [0.25, 0.3) is 5.91 Å². The van der Waals surface area contributed by atoms with Crippen LogP contribution < -0.4 is 0 Å². The predicted molar refractivity (Wildman–Crippen MR) is 86.9 cm³/mol. The number of aryl methyl sites for hydroxylation is 2. The first-order valence-electron chi connectivity index (χ1n) is 7.47. The molecule has 1 aromatic carbocycles. The maximum absolute atomic E-state index is 12.4. The fourth-order valence-electron chi connectivity index (χ4n) is 2.82. The second-order valence-electron chi connectivity index (χ2n) is 6.10. The molecule has 0 bridgehead atoms. The summed E-state index contributed by atoms with van der Waals surface area (Å²) >= 11 is 0. The van der Waals surface area contributed by atoms with Crippen LogP contribution in [-0.2, 0) is 15.6 Å². The molecule has 0 aliphatic carbocycles. The van der Waals surface area contributed by atoms with E-state index in [4.69, 9.17) is 4.42 Å². The lowest BCUT2D eigenvalue weighted by molar-refractivity contribution is 0.0658. The van der Waals surface area contributed by atoms with Gasteiger partial charge in [-0.05, 0) is 38.1 Å². The van der Waals surface area contributed by atoms with Gasteiger partial charge in [0.2, 0.25) is 0 Å². The van der Waals surface area contributed by atoms with Gasteiger partial charge in [-0.2, -0.15) is 0 Å². The number of carbonyl (C=O) groups is 1. The smallest absolute Gasteiger partial charge is 0.253 e. The molecule has 0 saturated carbocycles. The van der Waals surface area contributed by atoms with Gasteiger partial charge in [-0.1, -0.05) is 17.2 Å². The lowest BCUT2D eigenvalue weighted by Gasteiger charge is -2.38. The Hall–Kier alpha value is -2.08. The molecule has 1 saturated heterocycles. The number of furan rings is 1. The van der Waals surface area contributed by atoms with E-state index in [1.807, 2.05) is 32.0 Å². The summed E-state index contributed by atoms with van der Waals surface area (Å²) in [5.41, 5.74) is 2.66. The summed E-state index contributed by atoms with van der Waals surface area (Å²) in [7, 11) is -3.30. The minimum atomic E-state index is -3.30. The number of amides is 1. The van der Waals surface area contributed by atoms with E-state index in [-0.39, 0.29) is 24.7 Å². The molecule has 0 unspecified atom stereocenters. The predicted octanol–water partition coefficient (Wildman–Crippen LogP) is 2.34. The highest BCUT2D eigenvalue weighted by Crippen LogP contribution is 2.23. The first kappa shape index (κ1) is 15.8. The van der Waals surface area contributed by atoms with Crippen molar-refractivity contribution in [1.29, 1.82) is 0 Å². The average Bonchev–Trinajstić information content (AvgIpc) is 2.87. The van der Waals surface area contributed by atoms with Crippen molar-refractivity contribution >= 4 is 15.7 Å². The van der Waals surface area contributed by atoms with Gasteiger partial charge in [0, 0.05) is 18.7 Å². The molecule has 1 aliphatic heterocycles. The Bertz CT molecular complexity index is 798. The zero-order chi connectivity index (χ0) is 16.6. The molecule has 2 aromatic rings. The molecular weight excluding hydrogens is 314 g/mol. The van der Waals surface area contributed by atoms with Crippen molar-refractivity contribution in [3.63, 3.8) is 0 Å². The van der Waals surface area contributed by atoms with E-state index in [2.05, 4.69) is 0 Å². The van der Waals surface area contributed by atoms with Crippen LogP contribution in [0.4, 0.5) is 0 Å². The third-order valence-electron chi connectivity index (χ3n) is 4.04. The first-order valence-corrected chi connectivity index (χ1v) is 9.18. The largest absolute Gasteiger partial charge is 0.468 e. The number of hydrogen-bond donors (Lipinski definition) is 0. The van der Waals surface area contributed by atoms with Gasteiger partial charge in [0.15, 0.2) is 9.84 Å². The van der Waals surface area contributed by atoms with Gasteiger partial charge < -0.3 is 9.32 Å². The summed E-state index contributed by atoms with van der Waals surface area (Å²) in [5, 5.41) is -0.512. The number of rotatable bonds is 4. The van der Waals surface area contributed by atoms with E-state index >= 15 is 0 Å². The van der Waals surface area contributed by atoms with Crippen molar-refractivity contribution in [3.8, 4) is 0 Å². The van der Waals surface area contributed by atoms with Gasteiger partial charge in [-0.15, -0.1) is 0 Å². The van der Waals surface area contributed by atoms with Crippen LogP contribution in [-0.4, -0.2) is 37.6 Å². The molecule has 2 heterocycles. The van der Waals surface area contributed by atoms with Gasteiger partial charge >= 0.3 is 0 Å². The maximum Gasteiger partial charge on any atom is 0.253 e. The van der Waals surface area contributed by atoms with Crippen LogP contribution in [0.2, 0.25) is 0 Å². The average molecular weight is 333 g/mol. The molecule has 0 radical (unpaired) electrons. The number of carbonyl (C=O) groups excluding carboxylic acids is 1. The maximum atomic E-state index is 12.4. The normalized spacial score (nSPS) is 15.5. The summed E-state index contributed by atoms with van der Waals surface area (Å²) in [6, 6.07) is 8.99. The fraction of sp³-hybridized carbons (Fsp3) is 0.353. The second-order valence-corrected chi connectivity index (χ2v) is 8.38. The van der Waals surface area contributed by atoms with E-state index in [9.17, 15) is 13.2 Å². The van der Waals surface area contributed by atoms with E-state index in [1.165, 1.54) is 6.26 Å². The number of benzene rings is 1. The van der Waals surface area contributed by atoms with Crippen LogP contribution in [0.1, 0.15) is 27.2 Å². The monoisotopic (exact) mass is 333 g/mol. The van der Waals surface area contributed by atoms with Crippen LogP contribution in [0.25, 0.3) is 0 Å². The van der Waals surface area contributed by atoms with Crippen LogP contribution in [0, 0.1) is 13.8 Å². The summed E-state index contributed by atoms with van der Waals surface area (Å²) < 4.78 is 29.7. The molecule has 1 aliphatic rings. The zero-order valence-electron chi connectivity index (χ0n) is 13.2. The Kier molecular flexibility index (Phi) is 4.02. The summed E-state index contributed by atoms with van der Waals surface area (Å²) in [6.07, 6.45) is 1.46. The van der Waals surface area contributed by atoms with Crippen molar-refractivity contribution in [2.45, 2.75) is 24.9 Å². The second kappa shape index (κ2) is 5.85. The molecule has 1 amide bonds. The van der Waals surface area contributed by atoms with Gasteiger partial charge in [-0.3, -0.25) is 4.79 Å². The lowest BCUT2D eigenvalue weighted by atomic mass is 10.0. The molecule has 0 atom stereocenters. The third kappa shape index (κ3) is 3.32. The number of nitrogens with zero attached hydrogens (tertiary/aromatic N) is 1. The quantitative estimate of drug-likeness (QED) is 0.861. The fourth-order valence-corrected chi connectivity index (χ4v) is 4.43. The minimum absolute atomic E-state index is 0.110. The van der Waals surface area contributed by atoms with Crippen LogP contribution in [0.15, 0.2) is 41.0 Å². The standard InChI is InChI=1S/C17H19NO4S/c1-12-6-13(2)8-14(7-12)17(19)18-9-16(10-18)23(20,21)11-15-4-3-5-22-15/h3-8,16H,9-11H2,1-2H3.